The van der Waals surface area contributed by atoms with Crippen LogP contribution in [0.1, 0.15) is 20.8 Å². The van der Waals surface area contributed by atoms with Gasteiger partial charge >= 0.3 is 0 Å². The Morgan fingerprint density at radius 2 is 2.05 bits per heavy atom. The zero-order valence-corrected chi connectivity index (χ0v) is 12.3. The van der Waals surface area contributed by atoms with Crippen LogP contribution < -0.4 is 10.9 Å². The van der Waals surface area contributed by atoms with Crippen LogP contribution in [0, 0.1) is 0 Å². The van der Waals surface area contributed by atoms with Crippen molar-refractivity contribution in [3.63, 3.8) is 0 Å². The summed E-state index contributed by atoms with van der Waals surface area (Å²) in [6.07, 6.45) is 0. The SMILES string of the molecule is CC(C)(C)SCCNc1nc2ccccc2c(=O)[nH]1. The first-order valence-electron chi connectivity index (χ1n) is 6.33. The minimum Gasteiger partial charge on any atom is -0.355 e. The normalized spacial score (nSPS) is 11.7. The molecule has 0 bridgehead atoms. The summed E-state index contributed by atoms with van der Waals surface area (Å²) < 4.78 is 0.256. The standard InChI is InChI=1S/C14H19N3OS/c1-14(2,3)19-9-8-15-13-16-11-7-5-4-6-10(11)12(18)17-13/h4-7H,8-9H2,1-3H3,(H2,15,16,17,18). The molecule has 1 aromatic carbocycles. The minimum absolute atomic E-state index is 0.100. The van der Waals surface area contributed by atoms with Crippen molar-refractivity contribution in [3.8, 4) is 0 Å². The van der Waals surface area contributed by atoms with E-state index in [9.17, 15) is 4.79 Å². The molecule has 0 radical (unpaired) electrons. The number of hydrogen-bond donors (Lipinski definition) is 2. The van der Waals surface area contributed by atoms with Gasteiger partial charge in [-0.1, -0.05) is 32.9 Å². The second-order valence-electron chi connectivity index (χ2n) is 5.32. The lowest BCUT2D eigenvalue weighted by atomic mass is 10.2. The van der Waals surface area contributed by atoms with E-state index in [1.165, 1.54) is 0 Å². The van der Waals surface area contributed by atoms with E-state index in [0.29, 0.717) is 11.3 Å². The Morgan fingerprint density at radius 3 is 2.79 bits per heavy atom. The zero-order chi connectivity index (χ0) is 13.9. The van der Waals surface area contributed by atoms with Crippen LogP contribution in [-0.2, 0) is 0 Å². The molecule has 0 aliphatic carbocycles. The highest BCUT2D eigenvalue weighted by atomic mass is 32.2. The predicted molar refractivity (Wildman–Crippen MR) is 83.1 cm³/mol. The Bertz CT molecular complexity index is 616. The van der Waals surface area contributed by atoms with Gasteiger partial charge in [-0.15, -0.1) is 0 Å². The van der Waals surface area contributed by atoms with Crippen molar-refractivity contribution >= 4 is 28.6 Å². The highest BCUT2D eigenvalue weighted by Gasteiger charge is 2.09. The molecule has 1 aromatic heterocycles. The molecule has 5 heteroatoms. The highest BCUT2D eigenvalue weighted by Crippen LogP contribution is 2.22. The molecular formula is C14H19N3OS. The van der Waals surface area contributed by atoms with Crippen LogP contribution in [0.2, 0.25) is 0 Å². The van der Waals surface area contributed by atoms with Gasteiger partial charge in [-0.3, -0.25) is 9.78 Å². The van der Waals surface area contributed by atoms with E-state index >= 15 is 0 Å². The van der Waals surface area contributed by atoms with Crippen molar-refractivity contribution in [2.45, 2.75) is 25.5 Å². The fraction of sp³-hybridized carbons (Fsp3) is 0.429. The van der Waals surface area contributed by atoms with Gasteiger partial charge in [0.2, 0.25) is 5.95 Å². The monoisotopic (exact) mass is 277 g/mol. The number of benzene rings is 1. The number of anilines is 1. The number of para-hydroxylation sites is 1. The maximum Gasteiger partial charge on any atom is 0.260 e. The lowest BCUT2D eigenvalue weighted by Crippen LogP contribution is -2.17. The first kappa shape index (κ1) is 13.9. The Balaban J connectivity index is 2.04. The number of aromatic amines is 1. The molecule has 0 saturated carbocycles. The molecule has 2 rings (SSSR count). The zero-order valence-electron chi connectivity index (χ0n) is 11.5. The average molecular weight is 277 g/mol. The van der Waals surface area contributed by atoms with Crippen LogP contribution in [0.25, 0.3) is 10.9 Å². The number of hydrogen-bond acceptors (Lipinski definition) is 4. The lowest BCUT2D eigenvalue weighted by molar-refractivity contribution is 0.802. The van der Waals surface area contributed by atoms with E-state index in [0.717, 1.165) is 17.8 Å². The third kappa shape index (κ3) is 3.99. The van der Waals surface area contributed by atoms with E-state index in [4.69, 9.17) is 0 Å². The van der Waals surface area contributed by atoms with Crippen LogP contribution in [0.4, 0.5) is 5.95 Å². The first-order valence-corrected chi connectivity index (χ1v) is 7.31. The molecule has 0 amide bonds. The van der Waals surface area contributed by atoms with Crippen LogP contribution in [0.3, 0.4) is 0 Å². The minimum atomic E-state index is -0.100. The number of nitrogens with zero attached hydrogens (tertiary/aromatic N) is 1. The van der Waals surface area contributed by atoms with Crippen molar-refractivity contribution in [2.24, 2.45) is 0 Å². The summed E-state index contributed by atoms with van der Waals surface area (Å²) in [7, 11) is 0. The van der Waals surface area contributed by atoms with Crippen molar-refractivity contribution in [2.75, 3.05) is 17.6 Å². The van der Waals surface area contributed by atoms with Gasteiger partial charge in [0.25, 0.3) is 5.56 Å². The van der Waals surface area contributed by atoms with Crippen LogP contribution in [-0.4, -0.2) is 27.0 Å². The summed E-state index contributed by atoms with van der Waals surface area (Å²) >= 11 is 1.88. The Morgan fingerprint density at radius 1 is 1.32 bits per heavy atom. The molecule has 0 saturated heterocycles. The van der Waals surface area contributed by atoms with Gasteiger partial charge in [-0.25, -0.2) is 4.98 Å². The Kier molecular flexibility index (Phi) is 4.14. The number of thioether (sulfide) groups is 1. The fourth-order valence-corrected chi connectivity index (χ4v) is 2.51. The number of nitrogens with one attached hydrogen (secondary N) is 2. The summed E-state index contributed by atoms with van der Waals surface area (Å²) in [4.78, 5) is 19.0. The second-order valence-corrected chi connectivity index (χ2v) is 7.24. The largest absolute Gasteiger partial charge is 0.355 e. The van der Waals surface area contributed by atoms with Gasteiger partial charge in [0.15, 0.2) is 0 Å². The average Bonchev–Trinajstić information content (AvgIpc) is 2.34. The first-order chi connectivity index (χ1) is 8.96. The number of fused-ring (bicyclic) bond motifs is 1. The molecule has 19 heavy (non-hydrogen) atoms. The molecule has 102 valence electrons. The van der Waals surface area contributed by atoms with Crippen molar-refractivity contribution in [1.29, 1.82) is 0 Å². The van der Waals surface area contributed by atoms with Crippen molar-refractivity contribution in [3.05, 3.63) is 34.6 Å². The van der Waals surface area contributed by atoms with E-state index < -0.39 is 0 Å². The van der Waals surface area contributed by atoms with Crippen molar-refractivity contribution in [1.82, 2.24) is 9.97 Å². The molecular weight excluding hydrogens is 258 g/mol. The van der Waals surface area contributed by atoms with Crippen LogP contribution in [0.15, 0.2) is 29.1 Å². The summed E-state index contributed by atoms with van der Waals surface area (Å²) in [5, 5.41) is 3.79. The quantitative estimate of drug-likeness (QED) is 0.844. The van der Waals surface area contributed by atoms with Crippen LogP contribution >= 0.6 is 11.8 Å². The lowest BCUT2D eigenvalue weighted by Gasteiger charge is -2.17. The molecule has 0 atom stereocenters. The van der Waals surface area contributed by atoms with Gasteiger partial charge in [-0.2, -0.15) is 11.8 Å². The topological polar surface area (TPSA) is 57.8 Å². The number of H-pyrrole nitrogens is 1. The third-order valence-corrected chi connectivity index (χ3v) is 3.82. The molecule has 2 aromatic rings. The smallest absolute Gasteiger partial charge is 0.260 e. The fourth-order valence-electron chi connectivity index (χ4n) is 1.70. The van der Waals surface area contributed by atoms with Gasteiger partial charge in [0, 0.05) is 17.0 Å². The van der Waals surface area contributed by atoms with Gasteiger partial charge < -0.3 is 5.32 Å². The van der Waals surface area contributed by atoms with Gasteiger partial charge in [-0.05, 0) is 12.1 Å². The molecule has 0 spiro atoms. The molecule has 0 aliphatic rings. The maximum atomic E-state index is 11.9. The Labute approximate surface area is 117 Å². The van der Waals surface area contributed by atoms with E-state index in [2.05, 4.69) is 36.1 Å². The van der Waals surface area contributed by atoms with E-state index in [1.54, 1.807) is 6.07 Å². The Hall–Kier alpha value is -1.49. The number of rotatable bonds is 4. The van der Waals surface area contributed by atoms with Gasteiger partial charge in [0.1, 0.15) is 0 Å². The van der Waals surface area contributed by atoms with Crippen molar-refractivity contribution < 1.29 is 0 Å². The van der Waals surface area contributed by atoms with E-state index in [1.807, 2.05) is 30.0 Å². The highest BCUT2D eigenvalue weighted by molar-refractivity contribution is 8.00. The van der Waals surface area contributed by atoms with Crippen LogP contribution in [0.5, 0.6) is 0 Å². The molecule has 0 unspecified atom stereocenters. The maximum absolute atomic E-state index is 11.9. The second kappa shape index (κ2) is 5.65. The summed E-state index contributed by atoms with van der Waals surface area (Å²) in [6.45, 7) is 7.35. The number of aromatic nitrogens is 2. The molecule has 2 N–H and O–H groups in total. The van der Waals surface area contributed by atoms with Gasteiger partial charge in [0.05, 0.1) is 10.9 Å². The third-order valence-electron chi connectivity index (χ3n) is 2.54. The van der Waals surface area contributed by atoms with E-state index in [-0.39, 0.29) is 10.3 Å². The summed E-state index contributed by atoms with van der Waals surface area (Å²) in [5.41, 5.74) is 0.619. The molecule has 0 aliphatic heterocycles. The molecule has 1 heterocycles. The molecule has 0 fully saturated rings. The molecule has 4 nitrogen and oxygen atoms in total. The predicted octanol–water partition coefficient (Wildman–Crippen LogP) is 2.87. The summed E-state index contributed by atoms with van der Waals surface area (Å²) in [6, 6.07) is 7.35. The summed E-state index contributed by atoms with van der Waals surface area (Å²) in [5.74, 6) is 1.51.